The Bertz CT molecular complexity index is 744. The van der Waals surface area contributed by atoms with Crippen LogP contribution in [0.3, 0.4) is 0 Å². The molecule has 0 N–H and O–H groups in total. The van der Waals surface area contributed by atoms with E-state index in [0.717, 1.165) is 25.7 Å². The highest BCUT2D eigenvalue weighted by molar-refractivity contribution is 7.81. The van der Waals surface area contributed by atoms with E-state index in [1.54, 1.807) is 32.4 Å². The van der Waals surface area contributed by atoms with Gasteiger partial charge in [0.15, 0.2) is 7.14 Å². The Balaban J connectivity index is 2.87. The molecule has 0 aromatic heterocycles. The van der Waals surface area contributed by atoms with E-state index in [-0.39, 0.29) is 16.9 Å². The van der Waals surface area contributed by atoms with Crippen molar-refractivity contribution in [2.75, 3.05) is 26.5 Å². The van der Waals surface area contributed by atoms with Crippen LogP contribution in [0.25, 0.3) is 0 Å². The topological polar surface area (TPSA) is 52.6 Å². The van der Waals surface area contributed by atoms with Crippen LogP contribution in [0.4, 0.5) is 0 Å². The molecular formula is C29H51O4P. The van der Waals surface area contributed by atoms with Gasteiger partial charge < -0.3 is 14.0 Å². The normalized spacial score (nSPS) is 14.4. The second-order valence-electron chi connectivity index (χ2n) is 11.2. The van der Waals surface area contributed by atoms with Crippen LogP contribution in [-0.4, -0.2) is 32.1 Å². The lowest BCUT2D eigenvalue weighted by Gasteiger charge is -2.27. The molecule has 2 atom stereocenters. The maximum Gasteiger partial charge on any atom is 0.228 e. The van der Waals surface area contributed by atoms with Crippen LogP contribution in [0.5, 0.6) is 11.5 Å². The summed E-state index contributed by atoms with van der Waals surface area (Å²) in [4.78, 5) is 13.8. The SMILES string of the molecule is CCCCCCCCCCCCP(=O)(CC(C)CC(C)(C)C)C(=O)c1c(OC)cccc1OC. The monoisotopic (exact) mass is 494 g/mol. The third-order valence-electron chi connectivity index (χ3n) is 6.45. The van der Waals surface area contributed by atoms with Crippen molar-refractivity contribution in [3.63, 3.8) is 0 Å². The zero-order chi connectivity index (χ0) is 25.6. The van der Waals surface area contributed by atoms with E-state index in [1.807, 2.05) is 0 Å². The molecule has 0 heterocycles. The Morgan fingerprint density at radius 2 is 1.35 bits per heavy atom. The predicted molar refractivity (Wildman–Crippen MR) is 146 cm³/mol. The van der Waals surface area contributed by atoms with Crippen LogP contribution < -0.4 is 9.47 Å². The molecule has 0 fully saturated rings. The molecule has 0 radical (unpaired) electrons. The van der Waals surface area contributed by atoms with Crippen molar-refractivity contribution in [1.82, 2.24) is 0 Å². The number of hydrogen-bond acceptors (Lipinski definition) is 4. The fourth-order valence-electron chi connectivity index (χ4n) is 5.01. The number of ether oxygens (including phenoxy) is 2. The maximum absolute atomic E-state index is 14.3. The zero-order valence-corrected chi connectivity index (χ0v) is 24.0. The summed E-state index contributed by atoms with van der Waals surface area (Å²) in [5, 5.41) is 0. The quantitative estimate of drug-likeness (QED) is 0.151. The first-order chi connectivity index (χ1) is 16.1. The van der Waals surface area contributed by atoms with Gasteiger partial charge in [0.2, 0.25) is 5.52 Å². The van der Waals surface area contributed by atoms with E-state index in [2.05, 4.69) is 34.6 Å². The molecule has 1 rings (SSSR count). The number of rotatable bonds is 18. The third kappa shape index (κ3) is 11.0. The molecule has 2 unspecified atom stereocenters. The number of carbonyl (C=O) groups excluding carboxylic acids is 1. The van der Waals surface area contributed by atoms with Crippen molar-refractivity contribution in [2.45, 2.75) is 105 Å². The molecule has 0 amide bonds. The van der Waals surface area contributed by atoms with Gasteiger partial charge in [0.25, 0.3) is 0 Å². The number of benzene rings is 1. The van der Waals surface area contributed by atoms with Crippen LogP contribution in [0.1, 0.15) is 116 Å². The van der Waals surface area contributed by atoms with Gasteiger partial charge in [0, 0.05) is 12.3 Å². The van der Waals surface area contributed by atoms with Crippen molar-refractivity contribution >= 4 is 12.7 Å². The summed E-state index contributed by atoms with van der Waals surface area (Å²) in [7, 11) is -0.0424. The van der Waals surface area contributed by atoms with Gasteiger partial charge >= 0.3 is 0 Å². The molecule has 0 aliphatic carbocycles. The first-order valence-corrected chi connectivity index (χ1v) is 15.5. The molecule has 34 heavy (non-hydrogen) atoms. The molecule has 0 saturated carbocycles. The second-order valence-corrected chi connectivity index (χ2v) is 14.2. The molecule has 0 bridgehead atoms. The van der Waals surface area contributed by atoms with Crippen LogP contribution >= 0.6 is 7.14 Å². The van der Waals surface area contributed by atoms with E-state index < -0.39 is 7.14 Å². The number of methoxy groups -OCH3 is 2. The Hall–Kier alpha value is -1.28. The minimum atomic E-state index is -3.13. The number of carbonyl (C=O) groups is 1. The lowest BCUT2D eigenvalue weighted by atomic mass is 9.86. The van der Waals surface area contributed by atoms with E-state index in [0.29, 0.717) is 29.4 Å². The molecule has 5 heteroatoms. The largest absolute Gasteiger partial charge is 0.496 e. The first kappa shape index (κ1) is 30.8. The lowest BCUT2D eigenvalue weighted by molar-refractivity contribution is 0.106. The highest BCUT2D eigenvalue weighted by Gasteiger charge is 2.37. The molecule has 0 saturated heterocycles. The number of unbranched alkanes of at least 4 members (excludes halogenated alkanes) is 9. The van der Waals surface area contributed by atoms with Gasteiger partial charge in [-0.25, -0.2) is 0 Å². The van der Waals surface area contributed by atoms with Gasteiger partial charge in [-0.15, -0.1) is 0 Å². The van der Waals surface area contributed by atoms with Crippen molar-refractivity contribution in [2.24, 2.45) is 11.3 Å². The first-order valence-electron chi connectivity index (χ1n) is 13.4. The van der Waals surface area contributed by atoms with Crippen molar-refractivity contribution in [3.05, 3.63) is 23.8 Å². The van der Waals surface area contributed by atoms with Gasteiger partial charge in [-0.1, -0.05) is 98.5 Å². The molecule has 0 aliphatic heterocycles. The van der Waals surface area contributed by atoms with Crippen molar-refractivity contribution in [3.8, 4) is 11.5 Å². The van der Waals surface area contributed by atoms with Crippen molar-refractivity contribution in [1.29, 1.82) is 0 Å². The van der Waals surface area contributed by atoms with Gasteiger partial charge in [0.05, 0.1) is 14.2 Å². The second kappa shape index (κ2) is 15.7. The van der Waals surface area contributed by atoms with E-state index in [9.17, 15) is 9.36 Å². The third-order valence-corrected chi connectivity index (χ3v) is 9.67. The van der Waals surface area contributed by atoms with E-state index in [4.69, 9.17) is 9.47 Å². The average molecular weight is 495 g/mol. The van der Waals surface area contributed by atoms with Gasteiger partial charge in [-0.3, -0.25) is 4.79 Å². The zero-order valence-electron chi connectivity index (χ0n) is 23.1. The molecular weight excluding hydrogens is 443 g/mol. The summed E-state index contributed by atoms with van der Waals surface area (Å²) in [5.74, 6) is 1.09. The molecule has 1 aromatic carbocycles. The summed E-state index contributed by atoms with van der Waals surface area (Å²) in [5.41, 5.74) is 0.191. The summed E-state index contributed by atoms with van der Waals surface area (Å²) in [6.45, 7) is 11.0. The maximum atomic E-state index is 14.3. The van der Waals surface area contributed by atoms with Gasteiger partial charge in [0.1, 0.15) is 17.1 Å². The minimum absolute atomic E-state index is 0.131. The average Bonchev–Trinajstić information content (AvgIpc) is 2.77. The lowest BCUT2D eigenvalue weighted by Crippen LogP contribution is -2.18. The summed E-state index contributed by atoms with van der Waals surface area (Å²) in [6, 6.07) is 5.29. The van der Waals surface area contributed by atoms with E-state index in [1.165, 1.54) is 44.9 Å². The molecule has 4 nitrogen and oxygen atoms in total. The molecule has 196 valence electrons. The fourth-order valence-corrected chi connectivity index (χ4v) is 8.06. The highest BCUT2D eigenvalue weighted by Crippen LogP contribution is 2.54. The summed E-state index contributed by atoms with van der Waals surface area (Å²) in [6.07, 6.45) is 14.0. The number of hydrogen-bond donors (Lipinski definition) is 0. The summed E-state index contributed by atoms with van der Waals surface area (Å²) < 4.78 is 25.3. The summed E-state index contributed by atoms with van der Waals surface area (Å²) >= 11 is 0. The van der Waals surface area contributed by atoms with Crippen LogP contribution in [0.2, 0.25) is 0 Å². The van der Waals surface area contributed by atoms with Crippen LogP contribution in [0.15, 0.2) is 18.2 Å². The molecule has 0 aliphatic rings. The standard InChI is InChI=1S/C29H51O4P/c1-8-9-10-11-12-13-14-15-16-17-21-34(31,23-24(2)22-29(3,4)5)28(30)27-25(32-6)19-18-20-26(27)33-7/h18-20,24H,8-17,21-23H2,1-7H3. The van der Waals surface area contributed by atoms with E-state index >= 15 is 0 Å². The Morgan fingerprint density at radius 3 is 1.79 bits per heavy atom. The molecule has 1 aromatic rings. The molecule has 0 spiro atoms. The van der Waals surface area contributed by atoms with Gasteiger partial charge in [-0.05, 0) is 36.3 Å². The van der Waals surface area contributed by atoms with Crippen LogP contribution in [0, 0.1) is 11.3 Å². The van der Waals surface area contributed by atoms with Crippen molar-refractivity contribution < 1.29 is 18.8 Å². The Morgan fingerprint density at radius 1 is 0.882 bits per heavy atom. The Kier molecular flexibility index (Phi) is 14.2. The Labute approximate surface area is 210 Å². The highest BCUT2D eigenvalue weighted by atomic mass is 31.2. The van der Waals surface area contributed by atoms with Gasteiger partial charge in [-0.2, -0.15) is 0 Å². The fraction of sp³-hybridized carbons (Fsp3) is 0.759. The minimum Gasteiger partial charge on any atom is -0.496 e. The predicted octanol–water partition coefficient (Wildman–Crippen LogP) is 9.20. The van der Waals surface area contributed by atoms with Crippen LogP contribution in [-0.2, 0) is 4.57 Å². The smallest absolute Gasteiger partial charge is 0.228 e.